The summed E-state index contributed by atoms with van der Waals surface area (Å²) in [5.41, 5.74) is 4.85. The predicted molar refractivity (Wildman–Crippen MR) is 139 cm³/mol. The first-order valence-corrected chi connectivity index (χ1v) is 12.8. The lowest BCUT2D eigenvalue weighted by Crippen LogP contribution is -2.63. The summed E-state index contributed by atoms with van der Waals surface area (Å²) < 4.78 is 5.37. The van der Waals surface area contributed by atoms with Crippen LogP contribution in [0.2, 0.25) is 0 Å². The van der Waals surface area contributed by atoms with Gasteiger partial charge in [0.25, 0.3) is 5.91 Å². The quantitative estimate of drug-likeness (QED) is 0.473. The van der Waals surface area contributed by atoms with Crippen LogP contribution in [0.5, 0.6) is 5.75 Å². The Balaban J connectivity index is 1.18. The molecule has 5 rings (SSSR count). The number of β-amino-alcohol motifs (C(OH)–C–C–N with tert-alkyl or cyclic N) is 1. The molecule has 0 aromatic heterocycles. The van der Waals surface area contributed by atoms with Crippen molar-refractivity contribution in [3.05, 3.63) is 52.6 Å². The standard InChI is InChI=1S/C28H36N4O4/c1-17-4-7-20(12-25(17)36-3)31-26(33)19-5-8-22(9-6-19)32-13-24-18(2)10-21(11-23(24)27(32)34)30-16-28(35)14-29-15-28/h4,7,10-12,19,22,29-30,35H,5-6,8-9,13-16H2,1-3H3,(H,31,33). The zero-order valence-corrected chi connectivity index (χ0v) is 21.3. The highest BCUT2D eigenvalue weighted by atomic mass is 16.5. The number of rotatable bonds is 7. The van der Waals surface area contributed by atoms with Gasteiger partial charge in [0, 0.05) is 61.1 Å². The van der Waals surface area contributed by atoms with E-state index in [1.54, 1.807) is 7.11 Å². The monoisotopic (exact) mass is 492 g/mol. The van der Waals surface area contributed by atoms with E-state index in [0.29, 0.717) is 26.2 Å². The van der Waals surface area contributed by atoms with E-state index in [1.165, 1.54) is 0 Å². The van der Waals surface area contributed by atoms with Crippen LogP contribution in [0.1, 0.15) is 52.7 Å². The second kappa shape index (κ2) is 9.75. The Morgan fingerprint density at radius 2 is 1.86 bits per heavy atom. The first-order valence-electron chi connectivity index (χ1n) is 12.8. The second-order valence-electron chi connectivity index (χ2n) is 10.6. The first kappa shape index (κ1) is 24.6. The molecule has 2 amide bonds. The van der Waals surface area contributed by atoms with Crippen LogP contribution < -0.4 is 20.7 Å². The maximum atomic E-state index is 13.4. The first-order chi connectivity index (χ1) is 17.3. The van der Waals surface area contributed by atoms with E-state index < -0.39 is 5.60 Å². The van der Waals surface area contributed by atoms with Crippen molar-refractivity contribution < 1.29 is 19.4 Å². The third-order valence-electron chi connectivity index (χ3n) is 8.01. The van der Waals surface area contributed by atoms with Gasteiger partial charge in [0.15, 0.2) is 0 Å². The molecular weight excluding hydrogens is 456 g/mol. The fourth-order valence-corrected chi connectivity index (χ4v) is 5.61. The number of aliphatic hydroxyl groups is 1. The fraction of sp³-hybridized carbons (Fsp3) is 0.500. The molecule has 0 unspecified atom stereocenters. The summed E-state index contributed by atoms with van der Waals surface area (Å²) in [7, 11) is 1.63. The van der Waals surface area contributed by atoms with E-state index >= 15 is 0 Å². The minimum absolute atomic E-state index is 0.0327. The van der Waals surface area contributed by atoms with E-state index in [0.717, 1.165) is 65.1 Å². The van der Waals surface area contributed by atoms with Gasteiger partial charge in [0.05, 0.1) is 7.11 Å². The lowest BCUT2D eigenvalue weighted by Gasteiger charge is -2.37. The Labute approximate surface area is 212 Å². The molecule has 0 bridgehead atoms. The Hall–Kier alpha value is -3.10. The van der Waals surface area contributed by atoms with Gasteiger partial charge in [-0.3, -0.25) is 9.59 Å². The van der Waals surface area contributed by atoms with Crippen LogP contribution in [0, 0.1) is 19.8 Å². The number of methoxy groups -OCH3 is 1. The number of nitrogens with one attached hydrogen (secondary N) is 3. The van der Waals surface area contributed by atoms with Gasteiger partial charge in [-0.1, -0.05) is 6.07 Å². The molecule has 2 fully saturated rings. The minimum Gasteiger partial charge on any atom is -0.496 e. The van der Waals surface area contributed by atoms with Crippen molar-refractivity contribution in [3.8, 4) is 5.75 Å². The maximum absolute atomic E-state index is 13.4. The van der Waals surface area contributed by atoms with Crippen molar-refractivity contribution in [2.75, 3.05) is 37.4 Å². The fourth-order valence-electron chi connectivity index (χ4n) is 5.61. The molecule has 0 spiro atoms. The minimum atomic E-state index is -0.723. The van der Waals surface area contributed by atoms with E-state index in [2.05, 4.69) is 22.0 Å². The SMILES string of the molecule is COc1cc(NC(=O)C2CCC(N3Cc4c(C)cc(NCC5(O)CNC5)cc4C3=O)CC2)ccc1C. The van der Waals surface area contributed by atoms with E-state index in [1.807, 2.05) is 43.0 Å². The molecule has 4 N–H and O–H groups in total. The van der Waals surface area contributed by atoms with Gasteiger partial charge < -0.3 is 30.7 Å². The average molecular weight is 493 g/mol. The molecule has 1 saturated carbocycles. The van der Waals surface area contributed by atoms with Gasteiger partial charge in [-0.25, -0.2) is 0 Å². The molecule has 0 atom stereocenters. The van der Waals surface area contributed by atoms with Crippen molar-refractivity contribution in [2.45, 2.75) is 57.7 Å². The Morgan fingerprint density at radius 3 is 2.53 bits per heavy atom. The number of fused-ring (bicyclic) bond motifs is 1. The van der Waals surface area contributed by atoms with Crippen LogP contribution in [0.25, 0.3) is 0 Å². The summed E-state index contributed by atoms with van der Waals surface area (Å²) in [6.07, 6.45) is 3.16. The average Bonchev–Trinajstić information content (AvgIpc) is 3.19. The maximum Gasteiger partial charge on any atom is 0.254 e. The molecule has 3 aliphatic rings. The van der Waals surface area contributed by atoms with Gasteiger partial charge in [-0.05, 0) is 74.4 Å². The number of hydrogen-bond donors (Lipinski definition) is 4. The number of ether oxygens (including phenoxy) is 1. The normalized spacial score (nSPS) is 22.6. The Kier molecular flexibility index (Phi) is 6.66. The Morgan fingerprint density at radius 1 is 1.11 bits per heavy atom. The van der Waals surface area contributed by atoms with Crippen LogP contribution in [-0.4, -0.2) is 60.2 Å². The Bertz CT molecular complexity index is 1170. The third kappa shape index (κ3) is 4.80. The molecule has 1 aliphatic carbocycles. The zero-order valence-electron chi connectivity index (χ0n) is 21.3. The molecule has 2 aromatic carbocycles. The van der Waals surface area contributed by atoms with Crippen LogP contribution in [0.3, 0.4) is 0 Å². The summed E-state index contributed by atoms with van der Waals surface area (Å²) in [5.74, 6) is 0.803. The van der Waals surface area contributed by atoms with Crippen LogP contribution in [-0.2, 0) is 11.3 Å². The number of amides is 2. The number of carbonyl (C=O) groups is 2. The zero-order chi connectivity index (χ0) is 25.4. The van der Waals surface area contributed by atoms with Gasteiger partial charge in [0.2, 0.25) is 5.91 Å². The van der Waals surface area contributed by atoms with Crippen LogP contribution in [0.4, 0.5) is 11.4 Å². The largest absolute Gasteiger partial charge is 0.496 e. The molecule has 2 heterocycles. The number of hydrogen-bond acceptors (Lipinski definition) is 6. The highest BCUT2D eigenvalue weighted by Gasteiger charge is 2.38. The molecule has 192 valence electrons. The van der Waals surface area contributed by atoms with Crippen molar-refractivity contribution in [1.29, 1.82) is 0 Å². The smallest absolute Gasteiger partial charge is 0.254 e. The molecule has 1 saturated heterocycles. The number of benzene rings is 2. The van der Waals surface area contributed by atoms with Gasteiger partial charge >= 0.3 is 0 Å². The molecule has 36 heavy (non-hydrogen) atoms. The molecule has 8 nitrogen and oxygen atoms in total. The summed E-state index contributed by atoms with van der Waals surface area (Å²) >= 11 is 0. The van der Waals surface area contributed by atoms with Crippen LogP contribution in [0.15, 0.2) is 30.3 Å². The van der Waals surface area contributed by atoms with Gasteiger partial charge in [-0.2, -0.15) is 0 Å². The molecule has 2 aliphatic heterocycles. The molecule has 0 radical (unpaired) electrons. The summed E-state index contributed by atoms with van der Waals surface area (Å²) in [6.45, 7) is 6.25. The summed E-state index contributed by atoms with van der Waals surface area (Å²) in [4.78, 5) is 28.3. The van der Waals surface area contributed by atoms with E-state index in [4.69, 9.17) is 4.74 Å². The summed E-state index contributed by atoms with van der Waals surface area (Å²) in [5, 5.41) is 19.8. The molecular formula is C28H36N4O4. The predicted octanol–water partition coefficient (Wildman–Crippen LogP) is 3.21. The molecule has 2 aromatic rings. The van der Waals surface area contributed by atoms with Crippen molar-refractivity contribution in [3.63, 3.8) is 0 Å². The van der Waals surface area contributed by atoms with Crippen molar-refractivity contribution in [2.24, 2.45) is 5.92 Å². The van der Waals surface area contributed by atoms with Gasteiger partial charge in [0.1, 0.15) is 11.4 Å². The van der Waals surface area contributed by atoms with Crippen molar-refractivity contribution >= 4 is 23.2 Å². The highest BCUT2D eigenvalue weighted by Crippen LogP contribution is 2.36. The highest BCUT2D eigenvalue weighted by molar-refractivity contribution is 6.00. The third-order valence-corrected chi connectivity index (χ3v) is 8.01. The van der Waals surface area contributed by atoms with Crippen LogP contribution >= 0.6 is 0 Å². The number of anilines is 2. The lowest BCUT2D eigenvalue weighted by molar-refractivity contribution is -0.121. The van der Waals surface area contributed by atoms with E-state index in [9.17, 15) is 14.7 Å². The number of carbonyl (C=O) groups excluding carboxylic acids is 2. The number of nitrogens with zero attached hydrogens (tertiary/aromatic N) is 1. The second-order valence-corrected chi connectivity index (χ2v) is 10.6. The van der Waals surface area contributed by atoms with E-state index in [-0.39, 0.29) is 23.8 Å². The summed E-state index contributed by atoms with van der Waals surface area (Å²) in [6, 6.07) is 9.83. The topological polar surface area (TPSA) is 103 Å². The molecule has 8 heteroatoms. The van der Waals surface area contributed by atoms with Crippen molar-refractivity contribution in [1.82, 2.24) is 10.2 Å². The van der Waals surface area contributed by atoms with Gasteiger partial charge in [-0.15, -0.1) is 0 Å². The lowest BCUT2D eigenvalue weighted by atomic mass is 9.84. The number of aryl methyl sites for hydroxylation is 2.